The number of furan rings is 1. The molecule has 0 radical (unpaired) electrons. The number of benzene rings is 12. The van der Waals surface area contributed by atoms with Gasteiger partial charge in [-0.15, -0.1) is 0 Å². The van der Waals surface area contributed by atoms with Crippen molar-refractivity contribution in [2.24, 2.45) is 0 Å². The van der Waals surface area contributed by atoms with Gasteiger partial charge in [-0.1, -0.05) is 288 Å². The van der Waals surface area contributed by atoms with Gasteiger partial charge in [0.15, 0.2) is 11.2 Å². The maximum absolute atomic E-state index is 9.59. The number of para-hydroxylation sites is 2. The smallest absolute Gasteiger partial charge is 0.159 e. The van der Waals surface area contributed by atoms with Crippen LogP contribution in [0.5, 0.6) is 0 Å². The van der Waals surface area contributed by atoms with Gasteiger partial charge in [0.1, 0.15) is 0 Å². The summed E-state index contributed by atoms with van der Waals surface area (Å²) < 4.78 is 56.4. The predicted octanol–water partition coefficient (Wildman–Crippen LogP) is 27.9. The minimum atomic E-state index is -0.434. The topological polar surface area (TPSA) is 24.6 Å². The fraction of sp³-hybridized carbons (Fsp3) is 0.258. The molecule has 12 aromatic carbocycles. The van der Waals surface area contributed by atoms with E-state index in [2.05, 4.69) is 345 Å². The molecule has 0 N–H and O–H groups in total. The van der Waals surface area contributed by atoms with E-state index in [0.29, 0.717) is 11.1 Å². The van der Waals surface area contributed by atoms with Crippen molar-refractivity contribution in [2.45, 2.75) is 163 Å². The molecule has 0 aliphatic carbocycles. The first-order valence-corrected chi connectivity index (χ1v) is 36.1. The molecule has 4 heteroatoms. The van der Waals surface area contributed by atoms with Crippen molar-refractivity contribution in [3.05, 3.63) is 293 Å². The number of anilines is 6. The van der Waals surface area contributed by atoms with Crippen LogP contribution in [0.4, 0.5) is 34.1 Å². The predicted molar refractivity (Wildman–Crippen MR) is 432 cm³/mol. The zero-order chi connectivity index (χ0) is 75.1. The first kappa shape index (κ1) is 59.7. The molecule has 0 bridgehead atoms. The first-order valence-electron chi connectivity index (χ1n) is 38.6. The number of aromatic nitrogens is 1. The highest BCUT2D eigenvalue weighted by Crippen LogP contribution is 2.64. The van der Waals surface area contributed by atoms with E-state index in [-0.39, 0.29) is 56.8 Å². The molecule has 2 aromatic heterocycles. The van der Waals surface area contributed by atoms with Gasteiger partial charge < -0.3 is 18.8 Å². The van der Waals surface area contributed by atoms with Gasteiger partial charge in [-0.3, -0.25) is 0 Å². The zero-order valence-electron chi connectivity index (χ0n) is 67.0. The average molecular weight is 1320 g/mol. The van der Waals surface area contributed by atoms with Crippen molar-refractivity contribution >= 4 is 77.9 Å². The van der Waals surface area contributed by atoms with Crippen LogP contribution < -0.4 is 9.80 Å². The zero-order valence-corrected chi connectivity index (χ0v) is 62.0. The van der Waals surface area contributed by atoms with E-state index in [1.54, 1.807) is 0 Å². The molecular formula is C97H95N3O. The normalized spacial score (nSPS) is 15.0. The molecular weight excluding hydrogens is 1220 g/mol. The maximum Gasteiger partial charge on any atom is 0.159 e. The fourth-order valence-corrected chi connectivity index (χ4v) is 15.7. The van der Waals surface area contributed by atoms with Crippen molar-refractivity contribution in [1.29, 1.82) is 0 Å². The Hall–Kier alpha value is -10.2. The lowest BCUT2D eigenvalue weighted by atomic mass is 9.72. The van der Waals surface area contributed by atoms with Crippen LogP contribution >= 0.6 is 0 Å². The molecule has 0 spiro atoms. The SMILES string of the molecule is [2H]c1c([2H])c([2H])c(-c2ccc3c(c2)N(c2cccc4c2oc2c(-n5c6ccc(C(C)(C)C)cc6c6cc(C(C)(C)C)ccc65)cccc24)c2cc(C(C)(C)C)cc4c2C3c2cc(-c3cc(C(C)(C)C)cc(C(C)(C)C)c3)ccc2N4c2c(-c3ccccc3)cc(C(C)(C)C)cc2-c2ccccc2)c([2H])c1[2H]. The van der Waals surface area contributed by atoms with Crippen LogP contribution in [0.2, 0.25) is 0 Å². The van der Waals surface area contributed by atoms with E-state index in [9.17, 15) is 2.74 Å². The summed E-state index contributed by atoms with van der Waals surface area (Å²) in [5, 5.41) is 4.28. The lowest BCUT2D eigenvalue weighted by Crippen LogP contribution is -2.31. The lowest BCUT2D eigenvalue weighted by Gasteiger charge is -2.47. The summed E-state index contributed by atoms with van der Waals surface area (Å²) in [7, 11) is 0. The molecule has 1 atom stereocenters. The minimum Gasteiger partial charge on any atom is -0.452 e. The Morgan fingerprint density at radius 1 is 0.297 bits per heavy atom. The third kappa shape index (κ3) is 11.1. The molecule has 1 unspecified atom stereocenters. The van der Waals surface area contributed by atoms with Gasteiger partial charge in [-0.25, -0.2) is 0 Å². The molecule has 4 nitrogen and oxygen atoms in total. The first-order chi connectivity index (χ1) is 49.9. The van der Waals surface area contributed by atoms with Gasteiger partial charge in [0, 0.05) is 44.2 Å². The molecule has 0 saturated heterocycles. The molecule has 0 amide bonds. The van der Waals surface area contributed by atoms with Crippen molar-refractivity contribution in [3.8, 4) is 50.2 Å². The second-order valence-corrected chi connectivity index (χ2v) is 34.7. The number of nitrogens with zero attached hydrogens (tertiary/aromatic N) is 3. The maximum atomic E-state index is 9.59. The highest BCUT2D eigenvalue weighted by atomic mass is 16.3. The van der Waals surface area contributed by atoms with Gasteiger partial charge in [0.05, 0.1) is 57.7 Å². The molecule has 101 heavy (non-hydrogen) atoms. The lowest BCUT2D eigenvalue weighted by molar-refractivity contribution is 0.569. The molecule has 504 valence electrons. The Morgan fingerprint density at radius 3 is 1.29 bits per heavy atom. The molecule has 0 fully saturated rings. The van der Waals surface area contributed by atoms with Gasteiger partial charge in [-0.2, -0.15) is 0 Å². The molecule has 14 aromatic rings. The summed E-state index contributed by atoms with van der Waals surface area (Å²) >= 11 is 0. The number of hydrogen-bond donors (Lipinski definition) is 0. The molecule has 0 saturated carbocycles. The van der Waals surface area contributed by atoms with Crippen LogP contribution in [0.1, 0.15) is 187 Å². The fourth-order valence-electron chi connectivity index (χ4n) is 15.7. The molecule has 2 aliphatic heterocycles. The van der Waals surface area contributed by atoms with Crippen molar-refractivity contribution in [2.75, 3.05) is 9.80 Å². The number of rotatable bonds is 7. The number of hydrogen-bond acceptors (Lipinski definition) is 3. The van der Waals surface area contributed by atoms with Crippen molar-refractivity contribution in [3.63, 3.8) is 0 Å². The highest BCUT2D eigenvalue weighted by Gasteiger charge is 2.44. The summed E-state index contributed by atoms with van der Waals surface area (Å²) in [6, 6.07) is 77.5. The Kier molecular flexibility index (Phi) is 13.7. The minimum absolute atomic E-state index is 0.0821. The highest BCUT2D eigenvalue weighted by molar-refractivity contribution is 6.16. The van der Waals surface area contributed by atoms with Crippen molar-refractivity contribution < 1.29 is 11.3 Å². The molecule has 4 heterocycles. The van der Waals surface area contributed by atoms with Crippen molar-refractivity contribution in [1.82, 2.24) is 4.57 Å². The summed E-state index contributed by atoms with van der Waals surface area (Å²) in [5.41, 5.74) is 27.0. The monoisotopic (exact) mass is 1320 g/mol. The van der Waals surface area contributed by atoms with E-state index in [4.69, 9.17) is 8.53 Å². The van der Waals surface area contributed by atoms with Crippen LogP contribution in [-0.2, 0) is 32.5 Å². The Labute approximate surface area is 606 Å². The van der Waals surface area contributed by atoms with Crippen LogP contribution in [0.25, 0.3) is 93.9 Å². The third-order valence-electron chi connectivity index (χ3n) is 21.6. The van der Waals surface area contributed by atoms with E-state index >= 15 is 0 Å². The Balaban J connectivity index is 1.06. The average Bonchev–Trinajstić information content (AvgIpc) is 0.716. The summed E-state index contributed by atoms with van der Waals surface area (Å²) in [4.78, 5) is 4.99. The Morgan fingerprint density at radius 2 is 0.762 bits per heavy atom. The molecule has 16 rings (SSSR count). The van der Waals surface area contributed by atoms with Gasteiger partial charge in [0.25, 0.3) is 0 Å². The molecule has 2 aliphatic rings. The van der Waals surface area contributed by atoms with E-state index in [1.165, 1.54) is 38.6 Å². The largest absolute Gasteiger partial charge is 0.452 e. The quantitative estimate of drug-likeness (QED) is 0.159. The van der Waals surface area contributed by atoms with Crippen LogP contribution in [0.15, 0.2) is 247 Å². The van der Waals surface area contributed by atoms with Crippen LogP contribution in [0, 0.1) is 0 Å². The van der Waals surface area contributed by atoms with Gasteiger partial charge >= 0.3 is 0 Å². The standard InChI is InChI=1S/C97H95N3O/c1-92(2,3)65-42-46-79-76(53-65)77-54-66(93(4,5)6)43-47-80(77)98(79)82-38-28-36-71-72-37-29-39-83(91(72)101-90(71)82)99-84-51-63(59-30-22-19-23-31-59)40-44-73(84)87-78-50-62(64-48-67(94(7,8)9)52-68(49-64)95(10,11)12)41-45-81(78)100(86-58-70(97(16,17)18)57-85(99)88(86)87)89-74(60-32-24-20-25-33-60)55-69(96(13,14)15)56-75(89)61-34-26-21-27-35-61/h19-58,87H,1-18H3/i19D,22D,23D,30D,31D. The van der Waals surface area contributed by atoms with Gasteiger partial charge in [0.2, 0.25) is 0 Å². The summed E-state index contributed by atoms with van der Waals surface area (Å²) in [6.45, 7) is 41.3. The Bertz CT molecular complexity index is 5780. The second kappa shape index (κ2) is 23.2. The number of fused-ring (bicyclic) bond motifs is 10. The van der Waals surface area contributed by atoms with E-state index in [1.807, 2.05) is 6.07 Å². The van der Waals surface area contributed by atoms with Crippen LogP contribution in [-0.4, -0.2) is 4.57 Å². The third-order valence-corrected chi connectivity index (χ3v) is 21.6. The van der Waals surface area contributed by atoms with Gasteiger partial charge in [-0.05, 0) is 189 Å². The second-order valence-electron chi connectivity index (χ2n) is 34.7. The summed E-state index contributed by atoms with van der Waals surface area (Å²) in [6.07, 6.45) is 0. The summed E-state index contributed by atoms with van der Waals surface area (Å²) in [5.74, 6) is -0.415. The van der Waals surface area contributed by atoms with E-state index < -0.39 is 17.4 Å². The van der Waals surface area contributed by atoms with E-state index in [0.717, 1.165) is 123 Å². The van der Waals surface area contributed by atoms with Crippen LogP contribution in [0.3, 0.4) is 0 Å².